The van der Waals surface area contributed by atoms with Gasteiger partial charge in [-0.2, -0.15) is 0 Å². The monoisotopic (exact) mass is 549 g/mol. The average molecular weight is 550 g/mol. The van der Waals surface area contributed by atoms with E-state index in [0.717, 1.165) is 11.1 Å². The fourth-order valence-corrected chi connectivity index (χ4v) is 4.80. The molecule has 1 aliphatic heterocycles. The number of ether oxygens (including phenoxy) is 3. The largest absolute Gasteiger partial charge is 0.497 e. The van der Waals surface area contributed by atoms with Crippen molar-refractivity contribution in [3.63, 3.8) is 0 Å². The molecule has 206 valence electrons. The molecule has 0 fully saturated rings. The molecule has 0 saturated carbocycles. The number of carbonyl (C=O) groups is 2. The molecule has 10 nitrogen and oxygen atoms in total. The van der Waals surface area contributed by atoms with Crippen molar-refractivity contribution in [3.05, 3.63) is 108 Å². The number of amides is 2. The number of fused-ring (bicyclic) bond motifs is 2. The van der Waals surface area contributed by atoms with E-state index in [0.29, 0.717) is 34.0 Å². The molecule has 0 bridgehead atoms. The van der Waals surface area contributed by atoms with Crippen molar-refractivity contribution in [2.45, 2.75) is 19.1 Å². The molecule has 10 heteroatoms. The van der Waals surface area contributed by atoms with Gasteiger partial charge in [0.25, 0.3) is 5.91 Å². The third-order valence-corrected chi connectivity index (χ3v) is 6.85. The van der Waals surface area contributed by atoms with Crippen LogP contribution in [0.5, 0.6) is 17.2 Å². The number of para-hydroxylation sites is 1. The normalized spacial score (nSPS) is 12.6. The van der Waals surface area contributed by atoms with Crippen LogP contribution in [0.1, 0.15) is 17.2 Å². The molecular formula is C31H27N5O5. The second kappa shape index (κ2) is 11.4. The number of rotatable bonds is 9. The number of nitrogens with zero attached hydrogens (tertiary/aromatic N) is 4. The van der Waals surface area contributed by atoms with Crippen LogP contribution < -0.4 is 19.5 Å². The van der Waals surface area contributed by atoms with Gasteiger partial charge in [-0.15, -0.1) is 5.10 Å². The van der Waals surface area contributed by atoms with Crippen LogP contribution in [0.3, 0.4) is 0 Å². The molecule has 4 aromatic carbocycles. The van der Waals surface area contributed by atoms with Crippen LogP contribution in [0.2, 0.25) is 0 Å². The number of methoxy groups -OCH3 is 1. The first-order valence-corrected chi connectivity index (χ1v) is 13.0. The summed E-state index contributed by atoms with van der Waals surface area (Å²) >= 11 is 0. The van der Waals surface area contributed by atoms with Crippen molar-refractivity contribution >= 4 is 28.5 Å². The lowest BCUT2D eigenvalue weighted by molar-refractivity contribution is -0.140. The fraction of sp³-hybridized carbons (Fsp3) is 0.161. The highest BCUT2D eigenvalue weighted by molar-refractivity contribution is 5.98. The van der Waals surface area contributed by atoms with Gasteiger partial charge < -0.3 is 24.4 Å². The molecule has 2 amide bonds. The molecule has 1 N–H and O–H groups in total. The van der Waals surface area contributed by atoms with E-state index in [1.807, 2.05) is 78.9 Å². The second-order valence-corrected chi connectivity index (χ2v) is 9.48. The van der Waals surface area contributed by atoms with Gasteiger partial charge in [0.05, 0.1) is 12.6 Å². The number of benzene rings is 4. The summed E-state index contributed by atoms with van der Waals surface area (Å²) in [5, 5.41) is 11.4. The first kappa shape index (κ1) is 25.9. The van der Waals surface area contributed by atoms with Gasteiger partial charge in [0.2, 0.25) is 12.7 Å². The Morgan fingerprint density at radius 3 is 2.51 bits per heavy atom. The summed E-state index contributed by atoms with van der Waals surface area (Å²) < 4.78 is 17.7. The van der Waals surface area contributed by atoms with E-state index in [4.69, 9.17) is 14.2 Å². The van der Waals surface area contributed by atoms with Crippen molar-refractivity contribution < 1.29 is 23.8 Å². The zero-order chi connectivity index (χ0) is 28.2. The molecule has 0 spiro atoms. The van der Waals surface area contributed by atoms with E-state index in [-0.39, 0.29) is 31.7 Å². The number of nitrogens with one attached hydrogen (secondary N) is 1. The first-order valence-electron chi connectivity index (χ1n) is 13.0. The van der Waals surface area contributed by atoms with Crippen LogP contribution >= 0.6 is 0 Å². The molecule has 1 aromatic heterocycles. The Labute approximate surface area is 236 Å². The second-order valence-electron chi connectivity index (χ2n) is 9.48. The molecule has 0 unspecified atom stereocenters. The number of hydrogen-bond donors (Lipinski definition) is 1. The Kier molecular flexibility index (Phi) is 7.19. The molecule has 6 rings (SSSR count). The van der Waals surface area contributed by atoms with E-state index in [1.165, 1.54) is 0 Å². The summed E-state index contributed by atoms with van der Waals surface area (Å²) in [7, 11) is 1.60. The highest BCUT2D eigenvalue weighted by Crippen LogP contribution is 2.35. The molecule has 1 aliphatic rings. The number of aromatic nitrogens is 3. The zero-order valence-electron chi connectivity index (χ0n) is 22.3. The lowest BCUT2D eigenvalue weighted by Gasteiger charge is -2.31. The average Bonchev–Trinajstić information content (AvgIpc) is 3.64. The van der Waals surface area contributed by atoms with Gasteiger partial charge >= 0.3 is 0 Å². The van der Waals surface area contributed by atoms with E-state index < -0.39 is 6.04 Å². The molecular weight excluding hydrogens is 522 g/mol. The minimum atomic E-state index is -0.953. The third-order valence-electron chi connectivity index (χ3n) is 6.85. The molecule has 0 aliphatic carbocycles. The Balaban J connectivity index is 1.37. The van der Waals surface area contributed by atoms with E-state index in [9.17, 15) is 9.59 Å². The van der Waals surface area contributed by atoms with Gasteiger partial charge in [-0.25, -0.2) is 4.68 Å². The summed E-state index contributed by atoms with van der Waals surface area (Å²) in [6.07, 6.45) is 0. The summed E-state index contributed by atoms with van der Waals surface area (Å²) in [6.45, 7) is 0.196. The van der Waals surface area contributed by atoms with Crippen molar-refractivity contribution in [3.8, 4) is 17.2 Å². The van der Waals surface area contributed by atoms with Gasteiger partial charge in [-0.05, 0) is 47.5 Å². The Morgan fingerprint density at radius 2 is 1.71 bits per heavy atom. The fourth-order valence-electron chi connectivity index (χ4n) is 4.80. The third kappa shape index (κ3) is 5.53. The van der Waals surface area contributed by atoms with Crippen LogP contribution in [-0.4, -0.2) is 45.6 Å². The SMILES string of the molecule is COc1ccc(CN(C(=O)Cn2nnc3ccccc32)[C@H](C(=O)Nc2ccc3c(c2)OCO3)c2ccccc2)cc1. The van der Waals surface area contributed by atoms with Crippen LogP contribution in [0.15, 0.2) is 97.1 Å². The smallest absolute Gasteiger partial charge is 0.251 e. The topological polar surface area (TPSA) is 108 Å². The van der Waals surface area contributed by atoms with Crippen LogP contribution in [0, 0.1) is 0 Å². The Bertz CT molecular complexity index is 1690. The minimum absolute atomic E-state index is 0.0999. The Hall–Kier alpha value is -5.38. The van der Waals surface area contributed by atoms with Gasteiger partial charge in [0.1, 0.15) is 23.9 Å². The van der Waals surface area contributed by atoms with Gasteiger partial charge in [-0.1, -0.05) is 59.8 Å². The maximum atomic E-state index is 14.1. The maximum Gasteiger partial charge on any atom is 0.251 e. The number of hydrogen-bond acceptors (Lipinski definition) is 7. The first-order chi connectivity index (χ1) is 20.1. The van der Waals surface area contributed by atoms with Crippen LogP contribution in [0.25, 0.3) is 11.0 Å². The minimum Gasteiger partial charge on any atom is -0.497 e. The molecule has 1 atom stereocenters. The van der Waals surface area contributed by atoms with Crippen molar-refractivity contribution in [1.82, 2.24) is 19.9 Å². The number of anilines is 1. The molecule has 0 saturated heterocycles. The summed E-state index contributed by atoms with van der Waals surface area (Å²) in [5.41, 5.74) is 3.43. The predicted molar refractivity (Wildman–Crippen MR) is 151 cm³/mol. The number of carbonyl (C=O) groups excluding carboxylic acids is 2. The highest BCUT2D eigenvalue weighted by atomic mass is 16.7. The highest BCUT2D eigenvalue weighted by Gasteiger charge is 2.32. The van der Waals surface area contributed by atoms with E-state index in [1.54, 1.807) is 34.9 Å². The molecule has 41 heavy (non-hydrogen) atoms. The van der Waals surface area contributed by atoms with Crippen LogP contribution in [0.4, 0.5) is 5.69 Å². The molecule has 5 aromatic rings. The standard InChI is InChI=1S/C31H27N5O5/c1-39-24-14-11-21(12-15-24)18-35(29(37)19-36-26-10-6-5-9-25(26)33-34-36)30(22-7-3-2-4-8-22)31(38)32-23-13-16-27-28(17-23)41-20-40-27/h2-17,30H,18-20H2,1H3,(H,32,38)/t30-/m0/s1. The van der Waals surface area contributed by atoms with Crippen molar-refractivity contribution in [2.24, 2.45) is 0 Å². The van der Waals surface area contributed by atoms with Gasteiger partial charge in [-0.3, -0.25) is 9.59 Å². The zero-order valence-corrected chi connectivity index (χ0v) is 22.3. The lowest BCUT2D eigenvalue weighted by Crippen LogP contribution is -2.42. The summed E-state index contributed by atoms with van der Waals surface area (Å²) in [6, 6.07) is 28.3. The van der Waals surface area contributed by atoms with Crippen molar-refractivity contribution in [2.75, 3.05) is 19.2 Å². The predicted octanol–water partition coefficient (Wildman–Crippen LogP) is 4.58. The summed E-state index contributed by atoms with van der Waals surface area (Å²) in [4.78, 5) is 29.7. The van der Waals surface area contributed by atoms with Gasteiger partial charge in [0, 0.05) is 18.3 Å². The van der Waals surface area contributed by atoms with E-state index in [2.05, 4.69) is 15.6 Å². The Morgan fingerprint density at radius 1 is 0.951 bits per heavy atom. The lowest BCUT2D eigenvalue weighted by atomic mass is 10.0. The summed E-state index contributed by atoms with van der Waals surface area (Å²) in [5.74, 6) is 1.18. The quantitative estimate of drug-likeness (QED) is 0.287. The van der Waals surface area contributed by atoms with E-state index >= 15 is 0 Å². The molecule has 0 radical (unpaired) electrons. The maximum absolute atomic E-state index is 14.1. The molecule has 2 heterocycles. The van der Waals surface area contributed by atoms with Crippen molar-refractivity contribution in [1.29, 1.82) is 0 Å². The van der Waals surface area contributed by atoms with Gasteiger partial charge in [0.15, 0.2) is 11.5 Å². The van der Waals surface area contributed by atoms with Crippen LogP contribution in [-0.2, 0) is 22.7 Å².